The van der Waals surface area contributed by atoms with Gasteiger partial charge in [-0.1, -0.05) is 43.3 Å². The van der Waals surface area contributed by atoms with Gasteiger partial charge >= 0.3 is 0 Å². The topological polar surface area (TPSA) is 60.7 Å². The Kier molecular flexibility index (Phi) is 5.97. The summed E-state index contributed by atoms with van der Waals surface area (Å²) >= 11 is 3.90. The average molecular weight is 403 g/mol. The van der Waals surface area contributed by atoms with Crippen LogP contribution in [0.4, 0.5) is 0 Å². The first-order valence-electron chi connectivity index (χ1n) is 9.30. The Morgan fingerprint density at radius 1 is 1.21 bits per heavy atom. The van der Waals surface area contributed by atoms with Crippen LogP contribution in [0.2, 0.25) is 0 Å². The van der Waals surface area contributed by atoms with Crippen molar-refractivity contribution in [3.63, 3.8) is 0 Å². The Labute approximate surface area is 155 Å². The van der Waals surface area contributed by atoms with Crippen LogP contribution in [0.5, 0.6) is 0 Å². The van der Waals surface area contributed by atoms with Gasteiger partial charge in [0, 0.05) is 4.83 Å². The molecule has 3 N–H and O–H groups in total. The van der Waals surface area contributed by atoms with Gasteiger partial charge in [0.05, 0.1) is 18.3 Å². The lowest BCUT2D eigenvalue weighted by Gasteiger charge is -2.62. The summed E-state index contributed by atoms with van der Waals surface area (Å²) in [5.41, 5.74) is 0.307. The highest BCUT2D eigenvalue weighted by atomic mass is 79.9. The first-order valence-corrected chi connectivity index (χ1v) is 10.2. The van der Waals surface area contributed by atoms with Crippen molar-refractivity contribution in [2.75, 3.05) is 6.61 Å². The average Bonchev–Trinajstić information content (AvgIpc) is 2.49. The maximum Gasteiger partial charge on any atom is 0.0978 e. The summed E-state index contributed by atoms with van der Waals surface area (Å²) in [6.45, 7) is 12.7. The molecular formula is C20H35BrO3. The van der Waals surface area contributed by atoms with Gasteiger partial charge in [0.1, 0.15) is 0 Å². The van der Waals surface area contributed by atoms with Crippen LogP contribution in [0.15, 0.2) is 12.2 Å². The predicted octanol–water partition coefficient (Wildman–Crippen LogP) is 4.04. The van der Waals surface area contributed by atoms with Crippen LogP contribution in [-0.4, -0.2) is 38.5 Å². The quantitative estimate of drug-likeness (QED) is 0.480. The monoisotopic (exact) mass is 402 g/mol. The van der Waals surface area contributed by atoms with Crippen molar-refractivity contribution in [3.8, 4) is 0 Å². The van der Waals surface area contributed by atoms with Gasteiger partial charge in [-0.05, 0) is 73.7 Å². The van der Waals surface area contributed by atoms with E-state index in [0.29, 0.717) is 22.7 Å². The van der Waals surface area contributed by atoms with Crippen molar-refractivity contribution in [2.24, 2.45) is 22.7 Å². The molecule has 0 spiro atoms. The number of fused-ring (bicyclic) bond motifs is 1. The van der Waals surface area contributed by atoms with Crippen LogP contribution in [0, 0.1) is 22.7 Å². The fraction of sp³-hybridized carbons (Fsp3) is 0.900. The fourth-order valence-corrected chi connectivity index (χ4v) is 6.31. The number of aliphatic hydroxyl groups is 3. The van der Waals surface area contributed by atoms with Gasteiger partial charge in [0.2, 0.25) is 0 Å². The third-order valence-corrected chi connectivity index (χ3v) is 8.96. The second-order valence-corrected chi connectivity index (χ2v) is 10.3. The van der Waals surface area contributed by atoms with Crippen LogP contribution in [0.3, 0.4) is 0 Å². The lowest BCUT2D eigenvalue weighted by molar-refractivity contribution is -0.166. The van der Waals surface area contributed by atoms with Gasteiger partial charge in [0.25, 0.3) is 0 Å². The van der Waals surface area contributed by atoms with E-state index < -0.39 is 11.7 Å². The minimum atomic E-state index is -0.850. The van der Waals surface area contributed by atoms with Crippen LogP contribution >= 0.6 is 15.9 Å². The predicted molar refractivity (Wildman–Crippen MR) is 102 cm³/mol. The summed E-state index contributed by atoms with van der Waals surface area (Å²) in [7, 11) is 0. The van der Waals surface area contributed by atoms with E-state index in [-0.39, 0.29) is 23.4 Å². The number of hydrogen-bond donors (Lipinski definition) is 3. The molecule has 0 unspecified atom stereocenters. The molecule has 0 aromatic carbocycles. The van der Waals surface area contributed by atoms with Crippen molar-refractivity contribution in [3.05, 3.63) is 12.2 Å². The molecule has 4 heteroatoms. The van der Waals surface area contributed by atoms with Crippen molar-refractivity contribution in [1.82, 2.24) is 0 Å². The summed E-state index contributed by atoms with van der Waals surface area (Å²) in [6.07, 6.45) is 4.77. The fourth-order valence-electron chi connectivity index (χ4n) is 5.76. The molecule has 2 fully saturated rings. The first kappa shape index (κ1) is 20.4. The van der Waals surface area contributed by atoms with Gasteiger partial charge in [-0.3, -0.25) is 0 Å². The summed E-state index contributed by atoms with van der Waals surface area (Å²) in [4.78, 5) is 0.526. The number of hydrogen-bond acceptors (Lipinski definition) is 3. The van der Waals surface area contributed by atoms with E-state index >= 15 is 0 Å². The molecule has 6 atom stereocenters. The van der Waals surface area contributed by atoms with Gasteiger partial charge in [-0.25, -0.2) is 0 Å². The summed E-state index contributed by atoms with van der Waals surface area (Å²) in [5.74, 6) is 0.759. The molecule has 140 valence electrons. The molecule has 0 heterocycles. The zero-order chi connectivity index (χ0) is 18.3. The van der Waals surface area contributed by atoms with Gasteiger partial charge in [-0.2, -0.15) is 0 Å². The van der Waals surface area contributed by atoms with E-state index in [2.05, 4.69) is 43.3 Å². The number of aliphatic hydroxyl groups excluding tert-OH is 2. The molecule has 2 aliphatic rings. The van der Waals surface area contributed by atoms with Crippen molar-refractivity contribution < 1.29 is 15.3 Å². The summed E-state index contributed by atoms with van der Waals surface area (Å²) in [6, 6.07) is 0. The molecule has 0 saturated heterocycles. The first-order chi connectivity index (χ1) is 11.0. The maximum absolute atomic E-state index is 11.1. The Bertz CT molecular complexity index is 474. The molecule has 0 aromatic heterocycles. The minimum absolute atomic E-state index is 0.0972. The lowest BCUT2D eigenvalue weighted by Crippen LogP contribution is -2.59. The molecule has 0 bridgehead atoms. The van der Waals surface area contributed by atoms with E-state index in [4.69, 9.17) is 5.11 Å². The Morgan fingerprint density at radius 2 is 1.83 bits per heavy atom. The minimum Gasteiger partial charge on any atom is -0.393 e. The lowest BCUT2D eigenvalue weighted by atomic mass is 9.45. The Balaban J connectivity index is 2.24. The summed E-state index contributed by atoms with van der Waals surface area (Å²) < 4.78 is 0. The zero-order valence-corrected chi connectivity index (χ0v) is 17.3. The van der Waals surface area contributed by atoms with Crippen molar-refractivity contribution in [1.29, 1.82) is 0 Å². The molecule has 0 amide bonds. The van der Waals surface area contributed by atoms with Gasteiger partial charge < -0.3 is 15.3 Å². The highest BCUT2D eigenvalue weighted by molar-refractivity contribution is 9.09. The smallest absolute Gasteiger partial charge is 0.0978 e. The molecule has 24 heavy (non-hydrogen) atoms. The number of rotatable bonds is 5. The van der Waals surface area contributed by atoms with E-state index in [0.717, 1.165) is 32.1 Å². The molecule has 0 radical (unpaired) electrons. The maximum atomic E-state index is 11.1. The molecule has 2 aliphatic carbocycles. The normalized spacial score (nSPS) is 43.1. The molecule has 3 nitrogen and oxygen atoms in total. The zero-order valence-electron chi connectivity index (χ0n) is 15.7. The van der Waals surface area contributed by atoms with Crippen molar-refractivity contribution >= 4 is 15.9 Å². The molecular weight excluding hydrogens is 368 g/mol. The highest BCUT2D eigenvalue weighted by Crippen LogP contribution is 2.64. The third-order valence-electron chi connectivity index (χ3n) is 7.32. The van der Waals surface area contributed by atoms with Crippen LogP contribution in [0.25, 0.3) is 0 Å². The van der Waals surface area contributed by atoms with Crippen LogP contribution in [-0.2, 0) is 0 Å². The number of alkyl halides is 1. The van der Waals surface area contributed by atoms with E-state index in [1.807, 2.05) is 6.92 Å². The van der Waals surface area contributed by atoms with Crippen LogP contribution in [0.1, 0.15) is 66.2 Å². The van der Waals surface area contributed by atoms with Gasteiger partial charge in [0.15, 0.2) is 0 Å². The Morgan fingerprint density at radius 3 is 2.42 bits per heavy atom. The second-order valence-electron chi connectivity index (χ2n) is 9.23. The SMILES string of the molecule is C=C(CC[C@H]1[C@]2(C)CC[C@@H](Br)C(C)(C)[C@H]2CC[C@@]1(C)O)[C@H](O)CO. The highest BCUT2D eigenvalue weighted by Gasteiger charge is 2.59. The molecule has 2 rings (SSSR count). The largest absolute Gasteiger partial charge is 0.393 e. The second kappa shape index (κ2) is 7.02. The Hall–Kier alpha value is 0.1000. The van der Waals surface area contributed by atoms with E-state index in [9.17, 15) is 10.2 Å². The number of halogens is 1. The third kappa shape index (κ3) is 3.49. The standard InChI is InChI=1S/C20H35BrO3/c1-13(14(23)12-22)6-7-16-19(4)10-9-17(21)18(2,3)15(19)8-11-20(16,5)24/h14-17,22-24H,1,6-12H2,2-5H3/t14-,15-,16+,17-,19-,20-/m1/s1. The summed E-state index contributed by atoms with van der Waals surface area (Å²) in [5, 5.41) is 30.0. The molecule has 2 saturated carbocycles. The molecule has 0 aliphatic heterocycles. The van der Waals surface area contributed by atoms with Gasteiger partial charge in [-0.15, -0.1) is 0 Å². The van der Waals surface area contributed by atoms with E-state index in [1.54, 1.807) is 0 Å². The van der Waals surface area contributed by atoms with E-state index in [1.165, 1.54) is 0 Å². The van der Waals surface area contributed by atoms with Crippen molar-refractivity contribution in [2.45, 2.75) is 82.8 Å². The van der Waals surface area contributed by atoms with Crippen LogP contribution < -0.4 is 0 Å². The molecule has 0 aromatic rings.